The summed E-state index contributed by atoms with van der Waals surface area (Å²) in [6.07, 6.45) is 0. The molecule has 0 unspecified atom stereocenters. The van der Waals surface area contributed by atoms with Gasteiger partial charge in [-0.2, -0.15) is 0 Å². The molecule has 0 saturated carbocycles. The highest BCUT2D eigenvalue weighted by Gasteiger charge is 2.52. The number of thiophene rings is 1. The second-order valence-electron chi connectivity index (χ2n) is 19.5. The van der Waals surface area contributed by atoms with Crippen LogP contribution in [0.2, 0.25) is 0 Å². The van der Waals surface area contributed by atoms with Crippen LogP contribution in [0.5, 0.6) is 11.5 Å². The zero-order valence-corrected chi connectivity index (χ0v) is 38.9. The molecule has 0 amide bonds. The van der Waals surface area contributed by atoms with Gasteiger partial charge in [-0.25, -0.2) is 0 Å². The standard InChI is InChI=1S/C66H43NOS/c1-65(2)53-21-10-8-20-51(53)62-55(65)23-13-24-59(62)67(45-33-37-61-52(39-45)50-19-9-12-25-60(50)69-61)44-31-26-40(27-32-44)43-28-34-49-48-18-7-11-22-54(48)66(58(49)38-43)56-35-29-41-14-3-5-16-46(41)63(56)68-64-47-17-6-4-15-42(47)30-36-57(64)66/h3-39H,1-2H3. The second kappa shape index (κ2) is 14.1. The van der Waals surface area contributed by atoms with E-state index in [0.29, 0.717) is 0 Å². The van der Waals surface area contributed by atoms with Crippen LogP contribution in [0.25, 0.3) is 75.1 Å². The van der Waals surface area contributed by atoms with E-state index in [9.17, 15) is 0 Å². The van der Waals surface area contributed by atoms with E-state index in [1.807, 2.05) is 11.3 Å². The van der Waals surface area contributed by atoms with E-state index >= 15 is 0 Å². The van der Waals surface area contributed by atoms with Crippen molar-refractivity contribution in [2.45, 2.75) is 24.7 Å². The number of nitrogens with zero attached hydrogens (tertiary/aromatic N) is 1. The number of rotatable bonds is 4. The van der Waals surface area contributed by atoms with Crippen molar-refractivity contribution in [3.05, 3.63) is 258 Å². The molecular weight excluding hydrogens is 855 g/mol. The highest BCUT2D eigenvalue weighted by molar-refractivity contribution is 7.25. The van der Waals surface area contributed by atoms with Crippen LogP contribution in [0.1, 0.15) is 47.2 Å². The molecule has 3 heteroatoms. The minimum absolute atomic E-state index is 0.124. The number of fused-ring (bicyclic) bond motifs is 19. The summed E-state index contributed by atoms with van der Waals surface area (Å²) in [4.78, 5) is 2.49. The third kappa shape index (κ3) is 5.26. The molecule has 15 rings (SSSR count). The average molecular weight is 898 g/mol. The second-order valence-corrected chi connectivity index (χ2v) is 20.6. The monoisotopic (exact) mass is 897 g/mol. The van der Waals surface area contributed by atoms with Gasteiger partial charge in [-0.3, -0.25) is 0 Å². The molecular formula is C66H43NOS. The summed E-state index contributed by atoms with van der Waals surface area (Å²) in [6.45, 7) is 4.73. The Morgan fingerprint density at radius 2 is 0.957 bits per heavy atom. The van der Waals surface area contributed by atoms with Gasteiger partial charge in [0, 0.05) is 64.4 Å². The van der Waals surface area contributed by atoms with Crippen LogP contribution < -0.4 is 9.64 Å². The molecule has 1 aliphatic heterocycles. The van der Waals surface area contributed by atoms with Gasteiger partial charge in [0.15, 0.2) is 0 Å². The van der Waals surface area contributed by atoms with E-state index in [-0.39, 0.29) is 5.41 Å². The molecule has 11 aromatic carbocycles. The van der Waals surface area contributed by atoms with Crippen molar-refractivity contribution in [1.29, 1.82) is 0 Å². The molecule has 0 saturated heterocycles. The van der Waals surface area contributed by atoms with Gasteiger partial charge >= 0.3 is 0 Å². The van der Waals surface area contributed by atoms with Crippen molar-refractivity contribution in [3.8, 4) is 44.9 Å². The highest BCUT2D eigenvalue weighted by atomic mass is 32.1. The molecule has 69 heavy (non-hydrogen) atoms. The lowest BCUT2D eigenvalue weighted by molar-refractivity contribution is 0.447. The number of ether oxygens (including phenoxy) is 1. The molecule has 1 aromatic heterocycles. The van der Waals surface area contributed by atoms with Gasteiger partial charge in [0.2, 0.25) is 0 Å². The van der Waals surface area contributed by atoms with Crippen LogP contribution in [0.3, 0.4) is 0 Å². The number of anilines is 3. The molecule has 0 radical (unpaired) electrons. The first-order valence-corrected chi connectivity index (χ1v) is 24.8. The first-order chi connectivity index (χ1) is 34.0. The third-order valence-corrected chi connectivity index (χ3v) is 16.9. The molecule has 0 fully saturated rings. The first-order valence-electron chi connectivity index (χ1n) is 24.0. The van der Waals surface area contributed by atoms with Gasteiger partial charge < -0.3 is 9.64 Å². The number of benzene rings is 11. The molecule has 2 nitrogen and oxygen atoms in total. The Labute approximate surface area is 405 Å². The average Bonchev–Trinajstić information content (AvgIpc) is 4.00. The quantitative estimate of drug-likeness (QED) is 0.175. The van der Waals surface area contributed by atoms with Crippen molar-refractivity contribution < 1.29 is 4.74 Å². The summed E-state index contributed by atoms with van der Waals surface area (Å²) in [5.74, 6) is 1.86. The lowest BCUT2D eigenvalue weighted by Gasteiger charge is -2.40. The number of hydrogen-bond donors (Lipinski definition) is 0. The topological polar surface area (TPSA) is 12.5 Å². The fourth-order valence-corrected chi connectivity index (χ4v) is 13.7. The Hall–Kier alpha value is -8.24. The Kier molecular flexibility index (Phi) is 7.96. The zero-order chi connectivity index (χ0) is 45.6. The van der Waals surface area contributed by atoms with Crippen molar-refractivity contribution in [3.63, 3.8) is 0 Å². The van der Waals surface area contributed by atoms with Crippen molar-refractivity contribution in [2.24, 2.45) is 0 Å². The van der Waals surface area contributed by atoms with Crippen LogP contribution in [-0.2, 0) is 10.8 Å². The molecule has 0 bridgehead atoms. The van der Waals surface area contributed by atoms with Gasteiger partial charge in [0.1, 0.15) is 11.5 Å². The largest absolute Gasteiger partial charge is 0.455 e. The van der Waals surface area contributed by atoms with Crippen LogP contribution in [-0.4, -0.2) is 0 Å². The Balaban J connectivity index is 0.932. The fraction of sp³-hybridized carbons (Fsp3) is 0.0606. The van der Waals surface area contributed by atoms with Crippen LogP contribution in [0.4, 0.5) is 17.1 Å². The van der Waals surface area contributed by atoms with E-state index in [2.05, 4.69) is 243 Å². The maximum atomic E-state index is 7.24. The molecule has 12 aromatic rings. The van der Waals surface area contributed by atoms with Gasteiger partial charge in [0.25, 0.3) is 0 Å². The summed E-state index contributed by atoms with van der Waals surface area (Å²) < 4.78 is 9.85. The predicted octanol–water partition coefficient (Wildman–Crippen LogP) is 18.3. The van der Waals surface area contributed by atoms with Gasteiger partial charge in [0.05, 0.1) is 11.1 Å². The third-order valence-electron chi connectivity index (χ3n) is 15.7. The summed E-state index contributed by atoms with van der Waals surface area (Å²) in [5, 5.41) is 7.17. The van der Waals surface area contributed by atoms with E-state index in [1.165, 1.54) is 103 Å². The molecule has 0 atom stereocenters. The van der Waals surface area contributed by atoms with Gasteiger partial charge in [-0.15, -0.1) is 11.3 Å². The molecule has 2 heterocycles. The maximum absolute atomic E-state index is 7.24. The summed E-state index contributed by atoms with van der Waals surface area (Å²) in [7, 11) is 0. The first kappa shape index (κ1) is 38.8. The fourth-order valence-electron chi connectivity index (χ4n) is 12.6. The minimum atomic E-state index is -0.613. The van der Waals surface area contributed by atoms with Crippen LogP contribution in [0.15, 0.2) is 224 Å². The normalized spacial score (nSPS) is 14.3. The lowest BCUT2D eigenvalue weighted by Crippen LogP contribution is -2.32. The maximum Gasteiger partial charge on any atom is 0.140 e. The lowest BCUT2D eigenvalue weighted by atomic mass is 9.65. The van der Waals surface area contributed by atoms with Crippen molar-refractivity contribution in [2.75, 3.05) is 4.90 Å². The molecule has 2 aliphatic carbocycles. The van der Waals surface area contributed by atoms with Crippen LogP contribution >= 0.6 is 11.3 Å². The van der Waals surface area contributed by atoms with E-state index < -0.39 is 5.41 Å². The molecule has 1 spiro atoms. The van der Waals surface area contributed by atoms with Crippen LogP contribution in [0, 0.1) is 0 Å². The van der Waals surface area contributed by atoms with E-state index in [0.717, 1.165) is 33.6 Å². The number of hydrogen-bond acceptors (Lipinski definition) is 3. The smallest absolute Gasteiger partial charge is 0.140 e. The molecule has 0 N–H and O–H groups in total. The van der Waals surface area contributed by atoms with E-state index in [1.54, 1.807) is 0 Å². The Bertz CT molecular complexity index is 4070. The Morgan fingerprint density at radius 1 is 0.377 bits per heavy atom. The molecule has 3 aliphatic rings. The van der Waals surface area contributed by atoms with Gasteiger partial charge in [-0.05, 0) is 109 Å². The Morgan fingerprint density at radius 3 is 1.71 bits per heavy atom. The van der Waals surface area contributed by atoms with Crippen molar-refractivity contribution in [1.82, 2.24) is 0 Å². The summed E-state index contributed by atoms with van der Waals surface area (Å²) >= 11 is 1.86. The summed E-state index contributed by atoms with van der Waals surface area (Å²) in [5.41, 5.74) is 17.8. The van der Waals surface area contributed by atoms with Gasteiger partial charge in [-0.1, -0.05) is 190 Å². The van der Waals surface area contributed by atoms with E-state index in [4.69, 9.17) is 4.74 Å². The zero-order valence-electron chi connectivity index (χ0n) is 38.1. The SMILES string of the molecule is CC1(C)c2ccccc2-c2c(N(c3ccc(-c4ccc5c(c4)C4(c6ccccc6-5)c5ccc6ccccc6c5Oc5c4ccc4ccccc54)cc3)c3ccc4sc5ccccc5c4c3)cccc21. The summed E-state index contributed by atoms with van der Waals surface area (Å²) in [6, 6.07) is 83.7. The highest BCUT2D eigenvalue weighted by Crippen LogP contribution is 2.64. The molecule has 324 valence electrons. The predicted molar refractivity (Wildman–Crippen MR) is 289 cm³/mol. The minimum Gasteiger partial charge on any atom is -0.455 e. The van der Waals surface area contributed by atoms with Crippen molar-refractivity contribution >= 4 is 70.1 Å².